The standard InChI is InChI=1S/C56H100NO12P/c1-5-8-11-14-17-20-23-26-29-32-35-38-50(58)57-53-55(68-52(60)40-37-34-31-28-25-22-19-16-13-10-7-3)54(67-51(59)39-36-33-30-27-24-21-18-15-12-9-6-2)49(66-56(53)69-70(61,62)63)46-65-45-47-41-43-48(64-4)44-42-47/h41-44,49,53-56H,5-40,45-46H2,1-4H3,(H,57,58)(H2,61,62,63)/p-1/t49?,53?,54-,55-,56-/m1/s1. The molecule has 1 aliphatic heterocycles. The molecule has 406 valence electrons. The highest BCUT2D eigenvalue weighted by molar-refractivity contribution is 7.44. The molecule has 3 unspecified atom stereocenters. The smallest absolute Gasteiger partial charge is 0.306 e. The zero-order chi connectivity index (χ0) is 50.9. The largest absolute Gasteiger partial charge is 0.756 e. The summed E-state index contributed by atoms with van der Waals surface area (Å²) in [6.45, 7) is 6.54. The van der Waals surface area contributed by atoms with Crippen LogP contribution in [0.2, 0.25) is 0 Å². The van der Waals surface area contributed by atoms with Gasteiger partial charge in [-0.05, 0) is 37.0 Å². The van der Waals surface area contributed by atoms with E-state index in [1.807, 2.05) is 12.1 Å². The Balaban J connectivity index is 2.24. The van der Waals surface area contributed by atoms with Gasteiger partial charge in [-0.25, -0.2) is 0 Å². The number of carbonyl (C=O) groups is 3. The Kier molecular flexibility index (Phi) is 38.0. The van der Waals surface area contributed by atoms with Gasteiger partial charge in [-0.1, -0.05) is 226 Å². The number of methoxy groups -OCH3 is 1. The van der Waals surface area contributed by atoms with E-state index in [9.17, 15) is 28.7 Å². The monoisotopic (exact) mass is 1010 g/mol. The summed E-state index contributed by atoms with van der Waals surface area (Å²) in [6, 6.07) is 5.80. The molecule has 1 fully saturated rings. The van der Waals surface area contributed by atoms with Gasteiger partial charge in [-0.2, -0.15) is 0 Å². The van der Waals surface area contributed by atoms with Crippen molar-refractivity contribution in [1.29, 1.82) is 0 Å². The van der Waals surface area contributed by atoms with Crippen LogP contribution in [0.3, 0.4) is 0 Å². The van der Waals surface area contributed by atoms with Gasteiger partial charge in [0.15, 0.2) is 18.5 Å². The number of benzene rings is 1. The first-order chi connectivity index (χ1) is 34.0. The molecule has 1 heterocycles. The second-order valence-electron chi connectivity index (χ2n) is 19.8. The fraction of sp³-hybridized carbons (Fsp3) is 0.839. The Morgan fingerprint density at radius 2 is 0.943 bits per heavy atom. The van der Waals surface area contributed by atoms with E-state index in [0.717, 1.165) is 76.2 Å². The number of hydrogen-bond acceptors (Lipinski definition) is 11. The summed E-state index contributed by atoms with van der Waals surface area (Å²) in [7, 11) is -3.91. The maximum atomic E-state index is 13.8. The van der Waals surface area contributed by atoms with Crippen LogP contribution in [0.4, 0.5) is 0 Å². The van der Waals surface area contributed by atoms with Crippen molar-refractivity contribution in [3.63, 3.8) is 0 Å². The number of rotatable bonds is 46. The van der Waals surface area contributed by atoms with Crippen molar-refractivity contribution in [2.24, 2.45) is 0 Å². The number of phosphoric acid groups is 1. The molecule has 0 radical (unpaired) electrons. The summed E-state index contributed by atoms with van der Waals surface area (Å²) in [5.41, 5.74) is 0.802. The third-order valence-electron chi connectivity index (χ3n) is 13.4. The molecule has 0 spiro atoms. The van der Waals surface area contributed by atoms with Gasteiger partial charge in [0.05, 0.1) is 20.3 Å². The van der Waals surface area contributed by atoms with Crippen molar-refractivity contribution < 1.29 is 56.9 Å². The predicted molar refractivity (Wildman–Crippen MR) is 277 cm³/mol. The summed E-state index contributed by atoms with van der Waals surface area (Å²) in [5, 5.41) is 2.82. The van der Waals surface area contributed by atoms with Gasteiger partial charge in [0.1, 0.15) is 17.9 Å². The fourth-order valence-corrected chi connectivity index (χ4v) is 9.65. The lowest BCUT2D eigenvalue weighted by Gasteiger charge is -2.46. The van der Waals surface area contributed by atoms with Crippen molar-refractivity contribution in [2.45, 2.75) is 289 Å². The van der Waals surface area contributed by atoms with E-state index in [4.69, 9.17) is 28.2 Å². The third kappa shape index (κ3) is 32.5. The van der Waals surface area contributed by atoms with E-state index in [2.05, 4.69) is 26.1 Å². The number of nitrogens with one attached hydrogen (secondary N) is 1. The Morgan fingerprint density at radius 3 is 1.33 bits per heavy atom. The summed E-state index contributed by atoms with van der Waals surface area (Å²) in [6.07, 6.45) is 31.1. The topological polar surface area (TPSA) is 179 Å². The van der Waals surface area contributed by atoms with Gasteiger partial charge in [-0.3, -0.25) is 23.5 Å². The number of ether oxygens (including phenoxy) is 5. The molecule has 0 aromatic heterocycles. The van der Waals surface area contributed by atoms with Crippen molar-refractivity contribution in [3.8, 4) is 5.75 Å². The normalized spacial score (nSPS) is 18.9. The highest BCUT2D eigenvalue weighted by atomic mass is 31.2. The van der Waals surface area contributed by atoms with Crippen molar-refractivity contribution >= 4 is 25.7 Å². The molecule has 14 heteroatoms. The van der Waals surface area contributed by atoms with E-state index in [1.54, 1.807) is 19.2 Å². The average molecular weight is 1010 g/mol. The van der Waals surface area contributed by atoms with Gasteiger partial charge >= 0.3 is 11.9 Å². The van der Waals surface area contributed by atoms with Gasteiger partial charge in [0, 0.05) is 19.3 Å². The number of carbonyl (C=O) groups excluding carboxylic acids is 3. The van der Waals surface area contributed by atoms with Crippen LogP contribution < -0.4 is 14.9 Å². The molecule has 70 heavy (non-hydrogen) atoms. The van der Waals surface area contributed by atoms with Crippen LogP contribution in [0.5, 0.6) is 5.75 Å². The maximum Gasteiger partial charge on any atom is 0.306 e. The lowest BCUT2D eigenvalue weighted by Crippen LogP contribution is -2.66. The maximum absolute atomic E-state index is 13.8. The van der Waals surface area contributed by atoms with Gasteiger partial charge in [0.25, 0.3) is 7.82 Å². The molecule has 1 amide bonds. The first kappa shape index (κ1) is 63.6. The molecule has 1 saturated heterocycles. The minimum absolute atomic E-state index is 0.0669. The van der Waals surface area contributed by atoms with Gasteiger partial charge in [-0.15, -0.1) is 0 Å². The number of unbranched alkanes of at least 4 members (excludes halogenated alkanes) is 30. The highest BCUT2D eigenvalue weighted by Gasteiger charge is 2.52. The predicted octanol–water partition coefficient (Wildman–Crippen LogP) is 13.8. The molecular weight excluding hydrogens is 910 g/mol. The minimum Gasteiger partial charge on any atom is -0.756 e. The lowest BCUT2D eigenvalue weighted by atomic mass is 9.95. The average Bonchev–Trinajstić information content (AvgIpc) is 3.33. The summed E-state index contributed by atoms with van der Waals surface area (Å²) in [5.74, 6) is -0.906. The highest BCUT2D eigenvalue weighted by Crippen LogP contribution is 2.39. The van der Waals surface area contributed by atoms with E-state index in [-0.39, 0.29) is 32.5 Å². The molecule has 0 aliphatic carbocycles. The lowest BCUT2D eigenvalue weighted by molar-refractivity contribution is -0.286. The van der Waals surface area contributed by atoms with Crippen molar-refractivity contribution in [3.05, 3.63) is 29.8 Å². The van der Waals surface area contributed by atoms with E-state index in [1.165, 1.54) is 122 Å². The second-order valence-corrected chi connectivity index (χ2v) is 21.0. The van der Waals surface area contributed by atoms with E-state index >= 15 is 0 Å². The van der Waals surface area contributed by atoms with Crippen LogP contribution in [0, 0.1) is 0 Å². The van der Waals surface area contributed by atoms with Crippen LogP contribution >= 0.6 is 7.82 Å². The van der Waals surface area contributed by atoms with Crippen LogP contribution in [0.15, 0.2) is 24.3 Å². The zero-order valence-electron chi connectivity index (χ0n) is 44.5. The van der Waals surface area contributed by atoms with Crippen LogP contribution in [0.1, 0.15) is 257 Å². The molecule has 0 bridgehead atoms. The fourth-order valence-electron chi connectivity index (χ4n) is 9.21. The van der Waals surface area contributed by atoms with Gasteiger partial charge in [0.2, 0.25) is 5.91 Å². The van der Waals surface area contributed by atoms with Crippen LogP contribution in [-0.4, -0.2) is 67.1 Å². The number of amides is 1. The number of phosphoric ester groups is 1. The zero-order valence-corrected chi connectivity index (χ0v) is 45.3. The Hall–Kier alpha value is -2.54. The quantitative estimate of drug-likeness (QED) is 0.0359. The Morgan fingerprint density at radius 1 is 0.571 bits per heavy atom. The Labute approximate surface area is 425 Å². The molecular formula is C56H99NO12P-. The first-order valence-electron chi connectivity index (χ1n) is 28.3. The number of esters is 2. The van der Waals surface area contributed by atoms with E-state index in [0.29, 0.717) is 25.0 Å². The molecule has 13 nitrogen and oxygen atoms in total. The molecule has 0 saturated carbocycles. The molecule has 2 rings (SSSR count). The van der Waals surface area contributed by atoms with E-state index < -0.39 is 56.3 Å². The second kappa shape index (κ2) is 41.9. The summed E-state index contributed by atoms with van der Waals surface area (Å²) >= 11 is 0. The molecule has 1 aromatic rings. The minimum atomic E-state index is -5.48. The molecule has 1 aromatic carbocycles. The number of hydrogen-bond donors (Lipinski definition) is 2. The Bertz CT molecular complexity index is 1490. The molecule has 6 atom stereocenters. The molecule has 2 N–H and O–H groups in total. The van der Waals surface area contributed by atoms with Crippen LogP contribution in [0.25, 0.3) is 0 Å². The summed E-state index contributed by atoms with van der Waals surface area (Å²) < 4.78 is 47.4. The van der Waals surface area contributed by atoms with Gasteiger partial charge < -0.3 is 38.8 Å². The SMILES string of the molecule is CCCCCCCCCCCCCC(=O)NC1[C@@H](OP(=O)([O-])O)OC(COCc2ccc(OC)cc2)[C@@H](OC(=O)CCCCCCCCCCCCC)[C@@H]1OC(=O)CCCCCCCCCCCCC. The van der Waals surface area contributed by atoms with Crippen LogP contribution in [-0.2, 0) is 49.0 Å². The first-order valence-corrected chi connectivity index (χ1v) is 29.8. The van der Waals surface area contributed by atoms with Crippen molar-refractivity contribution in [1.82, 2.24) is 5.32 Å². The molecule has 1 aliphatic rings. The summed E-state index contributed by atoms with van der Waals surface area (Å²) in [4.78, 5) is 63.6. The third-order valence-corrected chi connectivity index (χ3v) is 13.9. The van der Waals surface area contributed by atoms with Crippen molar-refractivity contribution in [2.75, 3.05) is 13.7 Å².